The molecule has 83 heavy (non-hydrogen) atoms. The molecule has 398 valence electrons. The molecule has 0 saturated carbocycles. The maximum atomic E-state index is 5.60. The molecule has 4 nitrogen and oxygen atoms in total. The first kappa shape index (κ1) is 51.3. The van der Waals surface area contributed by atoms with Gasteiger partial charge in [-0.25, -0.2) is 9.97 Å². The van der Waals surface area contributed by atoms with E-state index in [4.69, 9.17) is 9.97 Å². The largest absolute Gasteiger partial charge is 0.311 e. The molecule has 3 heterocycles. The molecule has 2 aliphatic heterocycles. The van der Waals surface area contributed by atoms with Gasteiger partial charge in [0.05, 0.1) is 11.4 Å². The molecule has 0 aliphatic carbocycles. The summed E-state index contributed by atoms with van der Waals surface area (Å²) in [6.07, 6.45) is 0. The number of anilines is 6. The lowest BCUT2D eigenvalue weighted by molar-refractivity contribution is 0.590. The Labute approximate surface area is 489 Å². The monoisotopic (exact) mass is 1070 g/mol. The Bertz CT molecular complexity index is 3990. The first-order valence-electron chi connectivity index (χ1n) is 29.0. The van der Waals surface area contributed by atoms with Crippen molar-refractivity contribution in [3.05, 3.63) is 284 Å². The average Bonchev–Trinajstić information content (AvgIpc) is 0.966. The molecular formula is C78H63BN4. The molecule has 5 heteroatoms. The molecule has 0 spiro atoms. The van der Waals surface area contributed by atoms with Crippen molar-refractivity contribution < 1.29 is 0 Å². The van der Waals surface area contributed by atoms with Crippen molar-refractivity contribution in [3.63, 3.8) is 0 Å². The summed E-state index contributed by atoms with van der Waals surface area (Å²) in [7, 11) is 0. The SMILES string of the molecule is CC(C)(C)c1ccc2c(c1)N(c1cc(-c3ccccc3)cc(-c3ccccc3)c1)c1cc(-c3cc(-c4ccccc4)nc(-c4ccccc4)n3)cc3c1B2c1ccc(C(C)(C)C)cc1N3c1cc(-c2ccccc2)cc(-c2ccccc2)c1. The van der Waals surface area contributed by atoms with Crippen LogP contribution in [0.25, 0.3) is 78.4 Å². The van der Waals surface area contributed by atoms with E-state index >= 15 is 0 Å². The molecule has 11 aromatic carbocycles. The van der Waals surface area contributed by atoms with Crippen LogP contribution in [0.2, 0.25) is 0 Å². The number of aromatic nitrogens is 2. The molecule has 2 aliphatic rings. The molecule has 0 unspecified atom stereocenters. The standard InChI is InChI=1S/C78H63BN4/c1-77(2,3)63-37-39-67-71(49-63)82(65-43-58(52-25-13-7-14-26-52)41-59(44-65)53-27-15-8-16-28-53)73-47-62(70-51-69(56-33-21-11-22-34-56)80-76(81-70)57-35-23-12-24-36-57)48-74-75(73)79(67)68-40-38-64(78(4,5)6)50-72(68)83(74)66-45-60(54-29-17-9-18-30-54)42-61(46-66)55-31-19-10-20-32-55/h7-51H,1-6H3. The number of rotatable bonds is 9. The third-order valence-electron chi connectivity index (χ3n) is 16.7. The van der Waals surface area contributed by atoms with Gasteiger partial charge in [-0.2, -0.15) is 0 Å². The fraction of sp³-hybridized carbons (Fsp3) is 0.103. The zero-order valence-electron chi connectivity index (χ0n) is 47.8. The predicted molar refractivity (Wildman–Crippen MR) is 352 cm³/mol. The molecule has 0 bridgehead atoms. The number of fused-ring (bicyclic) bond motifs is 4. The van der Waals surface area contributed by atoms with Crippen molar-refractivity contribution in [3.8, 4) is 78.4 Å². The van der Waals surface area contributed by atoms with Gasteiger partial charge >= 0.3 is 0 Å². The molecule has 0 radical (unpaired) electrons. The zero-order chi connectivity index (χ0) is 56.4. The van der Waals surface area contributed by atoms with E-state index in [2.05, 4.69) is 324 Å². The molecule has 0 atom stereocenters. The zero-order valence-corrected chi connectivity index (χ0v) is 47.8. The smallest absolute Gasteiger partial charge is 0.252 e. The molecule has 0 fully saturated rings. The van der Waals surface area contributed by atoms with E-state index in [-0.39, 0.29) is 17.5 Å². The van der Waals surface area contributed by atoms with Gasteiger partial charge in [0, 0.05) is 50.8 Å². The van der Waals surface area contributed by atoms with Crippen molar-refractivity contribution in [2.75, 3.05) is 9.80 Å². The molecular weight excluding hydrogens is 1000 g/mol. The van der Waals surface area contributed by atoms with Crippen LogP contribution in [0, 0.1) is 0 Å². The molecule has 12 aromatic rings. The Morgan fingerprint density at radius 1 is 0.277 bits per heavy atom. The summed E-state index contributed by atoms with van der Waals surface area (Å²) in [5, 5.41) is 0. The van der Waals surface area contributed by atoms with Gasteiger partial charge in [-0.1, -0.05) is 248 Å². The Kier molecular flexibility index (Phi) is 12.7. The minimum atomic E-state index is -0.138. The third-order valence-corrected chi connectivity index (χ3v) is 16.7. The Hall–Kier alpha value is -9.84. The highest BCUT2D eigenvalue weighted by Crippen LogP contribution is 2.50. The van der Waals surface area contributed by atoms with Gasteiger partial charge in [-0.15, -0.1) is 0 Å². The second-order valence-electron chi connectivity index (χ2n) is 24.3. The Morgan fingerprint density at radius 2 is 0.602 bits per heavy atom. The summed E-state index contributed by atoms with van der Waals surface area (Å²) in [6, 6.07) is 100. The lowest BCUT2D eigenvalue weighted by Gasteiger charge is -2.45. The topological polar surface area (TPSA) is 32.3 Å². The van der Waals surface area contributed by atoms with Gasteiger partial charge in [-0.3, -0.25) is 0 Å². The van der Waals surface area contributed by atoms with Crippen LogP contribution >= 0.6 is 0 Å². The predicted octanol–water partition coefficient (Wildman–Crippen LogP) is 18.8. The highest BCUT2D eigenvalue weighted by atomic mass is 15.2. The van der Waals surface area contributed by atoms with E-state index < -0.39 is 0 Å². The van der Waals surface area contributed by atoms with E-state index in [1.807, 2.05) is 0 Å². The van der Waals surface area contributed by atoms with E-state index in [1.165, 1.54) is 27.5 Å². The van der Waals surface area contributed by atoms with Crippen LogP contribution in [0.3, 0.4) is 0 Å². The number of benzene rings is 11. The van der Waals surface area contributed by atoms with Gasteiger partial charge in [0.25, 0.3) is 6.71 Å². The fourth-order valence-corrected chi connectivity index (χ4v) is 12.4. The average molecular weight is 1070 g/mol. The second kappa shape index (κ2) is 20.6. The molecule has 0 N–H and O–H groups in total. The van der Waals surface area contributed by atoms with Gasteiger partial charge < -0.3 is 9.80 Å². The fourth-order valence-electron chi connectivity index (χ4n) is 12.4. The van der Waals surface area contributed by atoms with E-state index in [0.29, 0.717) is 5.82 Å². The van der Waals surface area contributed by atoms with Crippen LogP contribution in [0.4, 0.5) is 34.1 Å². The third kappa shape index (κ3) is 9.62. The van der Waals surface area contributed by atoms with Crippen LogP contribution in [0.5, 0.6) is 0 Å². The Morgan fingerprint density at radius 3 is 0.952 bits per heavy atom. The number of hydrogen-bond donors (Lipinski definition) is 0. The minimum Gasteiger partial charge on any atom is -0.311 e. The maximum absolute atomic E-state index is 5.60. The summed E-state index contributed by atoms with van der Waals surface area (Å²) in [5.41, 5.74) is 26.6. The lowest BCUT2D eigenvalue weighted by Crippen LogP contribution is -2.61. The lowest BCUT2D eigenvalue weighted by atomic mass is 9.33. The highest BCUT2D eigenvalue weighted by molar-refractivity contribution is 7.00. The first-order valence-corrected chi connectivity index (χ1v) is 29.0. The van der Waals surface area contributed by atoms with E-state index in [9.17, 15) is 0 Å². The van der Waals surface area contributed by atoms with Crippen molar-refractivity contribution in [2.45, 2.75) is 52.4 Å². The summed E-state index contributed by atoms with van der Waals surface area (Å²) < 4.78 is 0. The van der Waals surface area contributed by atoms with Crippen LogP contribution in [-0.4, -0.2) is 16.7 Å². The minimum absolute atomic E-state index is 0.128. The quantitative estimate of drug-likeness (QED) is 0.135. The van der Waals surface area contributed by atoms with Gasteiger partial charge in [-0.05, 0) is 150 Å². The van der Waals surface area contributed by atoms with Gasteiger partial charge in [0.2, 0.25) is 0 Å². The van der Waals surface area contributed by atoms with Gasteiger partial charge in [0.15, 0.2) is 5.82 Å². The first-order chi connectivity index (χ1) is 40.4. The van der Waals surface area contributed by atoms with Crippen molar-refractivity contribution in [1.29, 1.82) is 0 Å². The second-order valence-corrected chi connectivity index (χ2v) is 24.3. The molecule has 1 aromatic heterocycles. The van der Waals surface area contributed by atoms with Crippen LogP contribution < -0.4 is 26.2 Å². The van der Waals surface area contributed by atoms with E-state index in [1.54, 1.807) is 0 Å². The van der Waals surface area contributed by atoms with Crippen LogP contribution in [-0.2, 0) is 10.8 Å². The van der Waals surface area contributed by atoms with Gasteiger partial charge in [0.1, 0.15) is 0 Å². The number of nitrogens with zero attached hydrogens (tertiary/aromatic N) is 4. The maximum Gasteiger partial charge on any atom is 0.252 e. The Balaban J connectivity index is 1.14. The van der Waals surface area contributed by atoms with Crippen LogP contribution in [0.1, 0.15) is 52.7 Å². The van der Waals surface area contributed by atoms with Crippen molar-refractivity contribution in [2.24, 2.45) is 0 Å². The summed E-state index contributed by atoms with van der Waals surface area (Å²) in [5.74, 6) is 0.673. The molecule has 14 rings (SSSR count). The highest BCUT2D eigenvalue weighted by Gasteiger charge is 2.45. The summed E-state index contributed by atoms with van der Waals surface area (Å²) >= 11 is 0. The summed E-state index contributed by atoms with van der Waals surface area (Å²) in [4.78, 5) is 16.1. The van der Waals surface area contributed by atoms with Crippen molar-refractivity contribution >= 4 is 57.2 Å². The number of hydrogen-bond acceptors (Lipinski definition) is 4. The normalized spacial score (nSPS) is 12.6. The van der Waals surface area contributed by atoms with Crippen molar-refractivity contribution in [1.82, 2.24) is 9.97 Å². The molecule has 0 saturated heterocycles. The molecule has 0 amide bonds. The summed E-state index contributed by atoms with van der Waals surface area (Å²) in [6.45, 7) is 13.8. The van der Waals surface area contributed by atoms with Crippen LogP contribution in [0.15, 0.2) is 273 Å². The van der Waals surface area contributed by atoms with E-state index in [0.717, 1.165) is 107 Å².